The Kier molecular flexibility index (Phi) is 6.11. The zero-order valence-corrected chi connectivity index (χ0v) is 13.3. The van der Waals surface area contributed by atoms with Crippen molar-refractivity contribution in [2.75, 3.05) is 27.2 Å². The Hall–Kier alpha value is -0.770. The van der Waals surface area contributed by atoms with Crippen molar-refractivity contribution < 1.29 is 4.74 Å². The summed E-state index contributed by atoms with van der Waals surface area (Å²) < 4.78 is 5.65. The second kappa shape index (κ2) is 7.13. The highest BCUT2D eigenvalue weighted by molar-refractivity contribution is 6.32. The number of nitrogens with one attached hydrogen (secondary N) is 1. The van der Waals surface area contributed by atoms with Crippen molar-refractivity contribution in [2.24, 2.45) is 0 Å². The molecule has 1 N–H and O–H groups in total. The largest absolute Gasteiger partial charge is 0.491 e. The lowest BCUT2D eigenvalue weighted by Crippen LogP contribution is -2.35. The van der Waals surface area contributed by atoms with Gasteiger partial charge in [-0.1, -0.05) is 17.7 Å². The van der Waals surface area contributed by atoms with Gasteiger partial charge < -0.3 is 15.0 Å². The van der Waals surface area contributed by atoms with E-state index in [0.717, 1.165) is 18.8 Å². The van der Waals surface area contributed by atoms with E-state index in [-0.39, 0.29) is 5.54 Å². The first-order valence-corrected chi connectivity index (χ1v) is 6.97. The number of rotatable bonds is 6. The minimum Gasteiger partial charge on any atom is -0.491 e. The molecule has 0 amide bonds. The summed E-state index contributed by atoms with van der Waals surface area (Å²) in [6.45, 7) is 8.77. The van der Waals surface area contributed by atoms with Gasteiger partial charge in [0.2, 0.25) is 0 Å². The summed E-state index contributed by atoms with van der Waals surface area (Å²) in [5.41, 5.74) is 1.27. The lowest BCUT2D eigenvalue weighted by Gasteiger charge is -2.20. The fourth-order valence-corrected chi connectivity index (χ4v) is 1.73. The summed E-state index contributed by atoms with van der Waals surface area (Å²) in [5, 5.41) is 4.11. The van der Waals surface area contributed by atoms with E-state index in [4.69, 9.17) is 16.3 Å². The molecule has 0 aliphatic carbocycles. The van der Waals surface area contributed by atoms with Crippen LogP contribution in [0, 0.1) is 0 Å². The summed E-state index contributed by atoms with van der Waals surface area (Å²) in [6, 6.07) is 5.96. The number of nitrogens with zero attached hydrogens (tertiary/aromatic N) is 1. The standard InChI is InChI=1S/C15H25ClN2O/c1-15(2,3)17-11-12-6-7-14(13(16)10-12)19-9-8-18(4)5/h6-7,10,17H,8-9,11H2,1-5H3. The Morgan fingerprint density at radius 1 is 1.26 bits per heavy atom. The molecule has 19 heavy (non-hydrogen) atoms. The molecule has 0 unspecified atom stereocenters. The molecule has 0 aliphatic heterocycles. The third kappa shape index (κ3) is 6.81. The SMILES string of the molecule is CN(C)CCOc1ccc(CNC(C)(C)C)cc1Cl. The normalized spacial score (nSPS) is 11.9. The van der Waals surface area contributed by atoms with E-state index < -0.39 is 0 Å². The monoisotopic (exact) mass is 284 g/mol. The Bertz CT molecular complexity index is 400. The van der Waals surface area contributed by atoms with Crippen molar-refractivity contribution in [2.45, 2.75) is 32.9 Å². The number of likely N-dealkylation sites (N-methyl/N-ethyl adjacent to an activating group) is 1. The summed E-state index contributed by atoms with van der Waals surface area (Å²) in [4.78, 5) is 2.08. The molecule has 1 rings (SSSR count). The smallest absolute Gasteiger partial charge is 0.137 e. The summed E-state index contributed by atoms with van der Waals surface area (Å²) in [7, 11) is 4.04. The van der Waals surface area contributed by atoms with Crippen molar-refractivity contribution in [1.29, 1.82) is 0 Å². The van der Waals surface area contributed by atoms with Crippen molar-refractivity contribution in [3.8, 4) is 5.75 Å². The van der Waals surface area contributed by atoms with Gasteiger partial charge >= 0.3 is 0 Å². The van der Waals surface area contributed by atoms with Crippen LogP contribution in [0.4, 0.5) is 0 Å². The Labute approximate surface area is 121 Å². The van der Waals surface area contributed by atoms with Crippen LogP contribution in [0.25, 0.3) is 0 Å². The van der Waals surface area contributed by atoms with E-state index in [1.54, 1.807) is 0 Å². The first-order valence-electron chi connectivity index (χ1n) is 6.59. The first-order chi connectivity index (χ1) is 8.78. The highest BCUT2D eigenvalue weighted by atomic mass is 35.5. The van der Waals surface area contributed by atoms with E-state index in [1.165, 1.54) is 5.56 Å². The Balaban J connectivity index is 2.54. The van der Waals surface area contributed by atoms with Crippen LogP contribution in [0.15, 0.2) is 18.2 Å². The first kappa shape index (κ1) is 16.3. The third-order valence-electron chi connectivity index (χ3n) is 2.62. The van der Waals surface area contributed by atoms with Gasteiger partial charge in [0.25, 0.3) is 0 Å². The molecule has 108 valence electrons. The van der Waals surface area contributed by atoms with Gasteiger partial charge in [-0.2, -0.15) is 0 Å². The molecule has 0 heterocycles. The highest BCUT2D eigenvalue weighted by Gasteiger charge is 2.09. The predicted molar refractivity (Wildman–Crippen MR) is 82.1 cm³/mol. The molecule has 0 aliphatic rings. The lowest BCUT2D eigenvalue weighted by atomic mass is 10.1. The molecule has 0 saturated heterocycles. The Morgan fingerprint density at radius 2 is 1.95 bits per heavy atom. The van der Waals surface area contributed by atoms with Crippen LogP contribution in [0.3, 0.4) is 0 Å². The molecule has 3 nitrogen and oxygen atoms in total. The van der Waals surface area contributed by atoms with E-state index in [9.17, 15) is 0 Å². The van der Waals surface area contributed by atoms with Crippen LogP contribution in [-0.4, -0.2) is 37.7 Å². The van der Waals surface area contributed by atoms with Gasteiger partial charge in [-0.3, -0.25) is 0 Å². The number of hydrogen-bond donors (Lipinski definition) is 1. The molecule has 0 saturated carbocycles. The van der Waals surface area contributed by atoms with Crippen LogP contribution in [0.2, 0.25) is 5.02 Å². The zero-order chi connectivity index (χ0) is 14.5. The molecule has 0 spiro atoms. The molecule has 0 aromatic heterocycles. The fourth-order valence-electron chi connectivity index (χ4n) is 1.48. The fraction of sp³-hybridized carbons (Fsp3) is 0.600. The number of hydrogen-bond acceptors (Lipinski definition) is 3. The van der Waals surface area contributed by atoms with Gasteiger partial charge in [0.1, 0.15) is 12.4 Å². The van der Waals surface area contributed by atoms with Gasteiger partial charge in [-0.05, 0) is 52.6 Å². The quantitative estimate of drug-likeness (QED) is 0.868. The number of benzene rings is 1. The van der Waals surface area contributed by atoms with E-state index in [1.807, 2.05) is 26.2 Å². The molecule has 1 aromatic rings. The summed E-state index contributed by atoms with van der Waals surface area (Å²) >= 11 is 6.23. The highest BCUT2D eigenvalue weighted by Crippen LogP contribution is 2.25. The van der Waals surface area contributed by atoms with Gasteiger partial charge in [-0.15, -0.1) is 0 Å². The van der Waals surface area contributed by atoms with Crippen LogP contribution in [-0.2, 0) is 6.54 Å². The summed E-state index contributed by atoms with van der Waals surface area (Å²) in [5.74, 6) is 0.753. The van der Waals surface area contributed by atoms with Gasteiger partial charge in [0.05, 0.1) is 5.02 Å². The zero-order valence-electron chi connectivity index (χ0n) is 12.6. The van der Waals surface area contributed by atoms with E-state index in [2.05, 4.69) is 37.1 Å². The molecule has 0 atom stereocenters. The molecule has 0 bridgehead atoms. The Morgan fingerprint density at radius 3 is 2.47 bits per heavy atom. The second-order valence-corrected chi connectivity index (χ2v) is 6.43. The van der Waals surface area contributed by atoms with Crippen LogP contribution in [0.1, 0.15) is 26.3 Å². The van der Waals surface area contributed by atoms with Crippen LogP contribution in [0.5, 0.6) is 5.75 Å². The van der Waals surface area contributed by atoms with E-state index >= 15 is 0 Å². The molecule has 0 radical (unpaired) electrons. The summed E-state index contributed by atoms with van der Waals surface area (Å²) in [6.07, 6.45) is 0. The molecule has 4 heteroatoms. The lowest BCUT2D eigenvalue weighted by molar-refractivity contribution is 0.261. The average Bonchev–Trinajstić information content (AvgIpc) is 2.27. The number of halogens is 1. The second-order valence-electron chi connectivity index (χ2n) is 6.02. The molecular formula is C15H25ClN2O. The topological polar surface area (TPSA) is 24.5 Å². The minimum absolute atomic E-state index is 0.105. The third-order valence-corrected chi connectivity index (χ3v) is 2.91. The predicted octanol–water partition coefficient (Wildman–Crippen LogP) is 3.17. The maximum Gasteiger partial charge on any atom is 0.137 e. The molecule has 1 aromatic carbocycles. The van der Waals surface area contributed by atoms with Gasteiger partial charge in [-0.25, -0.2) is 0 Å². The molecule has 0 fully saturated rings. The van der Waals surface area contributed by atoms with Crippen molar-refractivity contribution in [3.63, 3.8) is 0 Å². The van der Waals surface area contributed by atoms with Crippen molar-refractivity contribution >= 4 is 11.6 Å². The number of ether oxygens (including phenoxy) is 1. The van der Waals surface area contributed by atoms with Gasteiger partial charge in [0.15, 0.2) is 0 Å². The van der Waals surface area contributed by atoms with Crippen molar-refractivity contribution in [3.05, 3.63) is 28.8 Å². The van der Waals surface area contributed by atoms with Crippen molar-refractivity contribution in [1.82, 2.24) is 10.2 Å². The van der Waals surface area contributed by atoms with Crippen LogP contribution >= 0.6 is 11.6 Å². The van der Waals surface area contributed by atoms with Crippen LogP contribution < -0.4 is 10.1 Å². The minimum atomic E-state index is 0.105. The van der Waals surface area contributed by atoms with E-state index in [0.29, 0.717) is 11.6 Å². The van der Waals surface area contributed by atoms with Gasteiger partial charge in [0, 0.05) is 18.6 Å². The average molecular weight is 285 g/mol. The molecular weight excluding hydrogens is 260 g/mol. The maximum atomic E-state index is 6.23. The maximum absolute atomic E-state index is 6.23.